The van der Waals surface area contributed by atoms with Crippen molar-refractivity contribution in [1.82, 2.24) is 10.2 Å². The minimum atomic E-state index is 0.0444. The van der Waals surface area contributed by atoms with Crippen LogP contribution in [-0.4, -0.2) is 37.0 Å². The Labute approximate surface area is 194 Å². The van der Waals surface area contributed by atoms with Gasteiger partial charge in [-0.05, 0) is 87.4 Å². The van der Waals surface area contributed by atoms with Crippen LogP contribution in [0.3, 0.4) is 0 Å². The van der Waals surface area contributed by atoms with Crippen molar-refractivity contribution in [2.24, 2.45) is 11.8 Å². The minimum absolute atomic E-state index is 0.0444. The number of hydrogen-bond acceptors (Lipinski definition) is 3. The zero-order valence-corrected chi connectivity index (χ0v) is 20.0. The fraction of sp³-hybridized carbons (Fsp3) is 0.536. The van der Waals surface area contributed by atoms with Crippen LogP contribution in [0.1, 0.15) is 62.3 Å². The van der Waals surface area contributed by atoms with Crippen LogP contribution in [-0.2, 0) is 11.3 Å². The Bertz CT molecular complexity index is 878. The van der Waals surface area contributed by atoms with Crippen LogP contribution in [0.4, 0.5) is 5.69 Å². The van der Waals surface area contributed by atoms with Gasteiger partial charge in [0.2, 0.25) is 5.91 Å². The first-order valence-corrected chi connectivity index (χ1v) is 12.4. The van der Waals surface area contributed by atoms with Gasteiger partial charge in [-0.2, -0.15) is 0 Å². The summed E-state index contributed by atoms with van der Waals surface area (Å²) in [6.45, 7) is 11.9. The first-order valence-electron chi connectivity index (χ1n) is 12.4. The third-order valence-electron chi connectivity index (χ3n) is 7.51. The summed E-state index contributed by atoms with van der Waals surface area (Å²) in [6, 6.07) is 17.5. The van der Waals surface area contributed by atoms with Crippen molar-refractivity contribution >= 4 is 11.6 Å². The van der Waals surface area contributed by atoms with Gasteiger partial charge < -0.3 is 10.2 Å². The van der Waals surface area contributed by atoms with Crippen molar-refractivity contribution in [2.45, 2.75) is 59.0 Å². The highest BCUT2D eigenvalue weighted by atomic mass is 16.1. The monoisotopic (exact) mass is 433 g/mol. The van der Waals surface area contributed by atoms with Crippen LogP contribution in [0, 0.1) is 18.8 Å². The molecule has 0 spiro atoms. The van der Waals surface area contributed by atoms with E-state index in [0.29, 0.717) is 0 Å². The van der Waals surface area contributed by atoms with Crippen molar-refractivity contribution in [3.8, 4) is 0 Å². The second-order valence-corrected chi connectivity index (χ2v) is 9.97. The molecule has 2 aliphatic heterocycles. The number of rotatable bonds is 6. The van der Waals surface area contributed by atoms with Crippen molar-refractivity contribution in [2.75, 3.05) is 31.1 Å². The first kappa shape index (κ1) is 22.8. The number of carbonyl (C=O) groups excluding carboxylic acids is 1. The molecule has 1 atom stereocenters. The smallest absolute Gasteiger partial charge is 0.223 e. The maximum absolute atomic E-state index is 12.9. The summed E-state index contributed by atoms with van der Waals surface area (Å²) in [7, 11) is 0. The standard InChI is InChI=1S/C28H39N3O/c1-21-12-18-31(19-13-21)27-10-8-24(9-11-27)23(3)29-28(32)25-14-16-30(17-15-25)20-26-7-5-4-6-22(26)2/h4-11,21,23,25H,12-20H2,1-3H3,(H,29,32)/t23-/m1/s1. The lowest BCUT2D eigenvalue weighted by molar-refractivity contribution is -0.127. The summed E-state index contributed by atoms with van der Waals surface area (Å²) < 4.78 is 0. The predicted octanol–water partition coefficient (Wildman–Crippen LogP) is 5.32. The zero-order valence-electron chi connectivity index (χ0n) is 20.0. The molecule has 172 valence electrons. The molecule has 2 fully saturated rings. The lowest BCUT2D eigenvalue weighted by Gasteiger charge is -2.33. The van der Waals surface area contributed by atoms with Gasteiger partial charge in [-0.1, -0.05) is 43.3 Å². The molecule has 0 saturated carbocycles. The van der Waals surface area contributed by atoms with Crippen LogP contribution in [0.2, 0.25) is 0 Å². The number of anilines is 1. The van der Waals surface area contributed by atoms with Crippen molar-refractivity contribution in [3.05, 3.63) is 65.2 Å². The SMILES string of the molecule is Cc1ccccc1CN1CCC(C(=O)N[C@H](C)c2ccc(N3CCC(C)CC3)cc2)CC1. The molecule has 0 aliphatic carbocycles. The Kier molecular flexibility index (Phi) is 7.51. The molecule has 0 radical (unpaired) electrons. The van der Waals surface area contributed by atoms with Gasteiger partial charge in [-0.3, -0.25) is 9.69 Å². The lowest BCUT2D eigenvalue weighted by atomic mass is 9.94. The fourth-order valence-corrected chi connectivity index (χ4v) is 5.04. The summed E-state index contributed by atoms with van der Waals surface area (Å²) in [5, 5.41) is 3.27. The number of amides is 1. The molecule has 4 nitrogen and oxygen atoms in total. The van der Waals surface area contributed by atoms with E-state index in [0.717, 1.165) is 51.5 Å². The molecule has 2 aliphatic rings. The Morgan fingerprint density at radius 1 is 0.969 bits per heavy atom. The summed E-state index contributed by atoms with van der Waals surface area (Å²) in [5.74, 6) is 1.18. The first-order chi connectivity index (χ1) is 15.5. The Balaban J connectivity index is 1.24. The number of nitrogens with zero attached hydrogens (tertiary/aromatic N) is 2. The lowest BCUT2D eigenvalue weighted by Crippen LogP contribution is -2.41. The van der Waals surface area contributed by atoms with Crippen LogP contribution < -0.4 is 10.2 Å². The molecule has 2 aromatic carbocycles. The predicted molar refractivity (Wildman–Crippen MR) is 133 cm³/mol. The topological polar surface area (TPSA) is 35.6 Å². The van der Waals surface area contributed by atoms with Gasteiger partial charge in [0.1, 0.15) is 0 Å². The average molecular weight is 434 g/mol. The fourth-order valence-electron chi connectivity index (χ4n) is 5.04. The maximum Gasteiger partial charge on any atom is 0.223 e. The summed E-state index contributed by atoms with van der Waals surface area (Å²) in [6.07, 6.45) is 4.43. The maximum atomic E-state index is 12.9. The zero-order chi connectivity index (χ0) is 22.5. The molecule has 4 heteroatoms. The number of aryl methyl sites for hydroxylation is 1. The molecule has 4 rings (SSSR count). The molecule has 2 heterocycles. The van der Waals surface area contributed by atoms with Gasteiger partial charge in [0.25, 0.3) is 0 Å². The molecule has 0 unspecified atom stereocenters. The molecule has 0 bridgehead atoms. The molecule has 2 saturated heterocycles. The molecule has 32 heavy (non-hydrogen) atoms. The van der Waals surface area contributed by atoms with E-state index in [-0.39, 0.29) is 17.9 Å². The molecule has 0 aromatic heterocycles. The quantitative estimate of drug-likeness (QED) is 0.670. The van der Waals surface area contributed by atoms with Crippen LogP contribution >= 0.6 is 0 Å². The second kappa shape index (κ2) is 10.5. The third-order valence-corrected chi connectivity index (χ3v) is 7.51. The van der Waals surface area contributed by atoms with E-state index in [9.17, 15) is 4.79 Å². The number of carbonyl (C=O) groups is 1. The highest BCUT2D eigenvalue weighted by molar-refractivity contribution is 5.79. The third kappa shape index (κ3) is 5.72. The van der Waals surface area contributed by atoms with Crippen molar-refractivity contribution in [1.29, 1.82) is 0 Å². The van der Waals surface area contributed by atoms with Crippen LogP contribution in [0.5, 0.6) is 0 Å². The van der Waals surface area contributed by atoms with Gasteiger partial charge in [0.15, 0.2) is 0 Å². The van der Waals surface area contributed by atoms with E-state index in [4.69, 9.17) is 0 Å². The highest BCUT2D eigenvalue weighted by Crippen LogP contribution is 2.26. The van der Waals surface area contributed by atoms with Crippen molar-refractivity contribution < 1.29 is 4.79 Å². The van der Waals surface area contributed by atoms with Crippen LogP contribution in [0.25, 0.3) is 0 Å². The Morgan fingerprint density at radius 3 is 2.28 bits per heavy atom. The summed E-state index contributed by atoms with van der Waals surface area (Å²) >= 11 is 0. The normalized spacial score (nSPS) is 19.7. The van der Waals surface area contributed by atoms with E-state index < -0.39 is 0 Å². The number of nitrogens with one attached hydrogen (secondary N) is 1. The highest BCUT2D eigenvalue weighted by Gasteiger charge is 2.26. The molecule has 2 aromatic rings. The van der Waals surface area contributed by atoms with E-state index >= 15 is 0 Å². The molecule has 1 N–H and O–H groups in total. The van der Waals surface area contributed by atoms with E-state index in [1.807, 2.05) is 0 Å². The number of piperidine rings is 2. The number of likely N-dealkylation sites (tertiary alicyclic amines) is 1. The van der Waals surface area contributed by atoms with Gasteiger partial charge in [0, 0.05) is 31.2 Å². The van der Waals surface area contributed by atoms with E-state index in [2.05, 4.69) is 84.4 Å². The largest absolute Gasteiger partial charge is 0.372 e. The van der Waals surface area contributed by atoms with Crippen molar-refractivity contribution in [3.63, 3.8) is 0 Å². The van der Waals surface area contributed by atoms with E-state index in [1.165, 1.54) is 35.2 Å². The molecule has 1 amide bonds. The Hall–Kier alpha value is -2.33. The number of hydrogen-bond donors (Lipinski definition) is 1. The van der Waals surface area contributed by atoms with Gasteiger partial charge in [0.05, 0.1) is 6.04 Å². The second-order valence-electron chi connectivity index (χ2n) is 9.97. The molecular weight excluding hydrogens is 394 g/mol. The average Bonchev–Trinajstić information content (AvgIpc) is 2.81. The number of benzene rings is 2. The van der Waals surface area contributed by atoms with Gasteiger partial charge >= 0.3 is 0 Å². The summed E-state index contributed by atoms with van der Waals surface area (Å²) in [5.41, 5.74) is 5.23. The van der Waals surface area contributed by atoms with Gasteiger partial charge in [-0.25, -0.2) is 0 Å². The summed E-state index contributed by atoms with van der Waals surface area (Å²) in [4.78, 5) is 17.9. The Morgan fingerprint density at radius 2 is 1.62 bits per heavy atom. The van der Waals surface area contributed by atoms with Gasteiger partial charge in [-0.15, -0.1) is 0 Å². The molecular formula is C28H39N3O. The minimum Gasteiger partial charge on any atom is -0.372 e. The van der Waals surface area contributed by atoms with E-state index in [1.54, 1.807) is 0 Å². The van der Waals surface area contributed by atoms with Crippen LogP contribution in [0.15, 0.2) is 48.5 Å².